The van der Waals surface area contributed by atoms with Crippen molar-refractivity contribution < 1.29 is 4.79 Å². The van der Waals surface area contributed by atoms with E-state index in [1.54, 1.807) is 0 Å². The Bertz CT molecular complexity index is 590. The Morgan fingerprint density at radius 1 is 1.12 bits per heavy atom. The smallest absolute Gasteiger partial charge is 0.276 e. The van der Waals surface area contributed by atoms with E-state index in [1.807, 2.05) is 15.8 Å². The molecule has 0 radical (unpaired) electrons. The van der Waals surface area contributed by atoms with Crippen LogP contribution >= 0.6 is 0 Å². The minimum absolute atomic E-state index is 0.0247. The maximum absolute atomic E-state index is 12.8. The van der Waals surface area contributed by atoms with Gasteiger partial charge < -0.3 is 10.6 Å². The van der Waals surface area contributed by atoms with Crippen molar-refractivity contribution in [3.05, 3.63) is 11.9 Å². The van der Waals surface area contributed by atoms with Gasteiger partial charge in [-0.3, -0.25) is 9.69 Å². The molecule has 132 valence electrons. The number of carbonyl (C=O) groups is 1. The summed E-state index contributed by atoms with van der Waals surface area (Å²) in [5.41, 5.74) is 6.45. The van der Waals surface area contributed by atoms with Crippen LogP contribution in [0, 0.1) is 0 Å². The van der Waals surface area contributed by atoms with E-state index in [9.17, 15) is 4.79 Å². The number of amides is 1. The molecular weight excluding hydrogens is 304 g/mol. The van der Waals surface area contributed by atoms with Crippen LogP contribution in [0.4, 0.5) is 0 Å². The summed E-state index contributed by atoms with van der Waals surface area (Å²) >= 11 is 0. The van der Waals surface area contributed by atoms with Gasteiger partial charge in [-0.2, -0.15) is 0 Å². The minimum atomic E-state index is 0.0247. The Morgan fingerprint density at radius 2 is 1.83 bits per heavy atom. The van der Waals surface area contributed by atoms with Crippen LogP contribution in [0.15, 0.2) is 6.20 Å². The summed E-state index contributed by atoms with van der Waals surface area (Å²) in [6.45, 7) is 4.89. The van der Waals surface area contributed by atoms with Gasteiger partial charge in [0.2, 0.25) is 0 Å². The normalized spacial score (nSPS) is 32.1. The molecule has 3 fully saturated rings. The van der Waals surface area contributed by atoms with Gasteiger partial charge >= 0.3 is 0 Å². The third-order valence-electron chi connectivity index (χ3n) is 5.83. The molecule has 0 spiro atoms. The lowest BCUT2D eigenvalue weighted by Gasteiger charge is -2.39. The van der Waals surface area contributed by atoms with Gasteiger partial charge in [-0.15, -0.1) is 5.10 Å². The van der Waals surface area contributed by atoms with Crippen molar-refractivity contribution in [2.75, 3.05) is 19.6 Å². The Kier molecular flexibility index (Phi) is 4.30. The van der Waals surface area contributed by atoms with Gasteiger partial charge in [0.25, 0.3) is 5.91 Å². The summed E-state index contributed by atoms with van der Waals surface area (Å²) in [6.07, 6.45) is 8.56. The zero-order valence-electron chi connectivity index (χ0n) is 14.5. The summed E-state index contributed by atoms with van der Waals surface area (Å²) in [4.78, 5) is 17.3. The lowest BCUT2D eigenvalue weighted by molar-refractivity contribution is 0.0468. The van der Waals surface area contributed by atoms with E-state index in [-0.39, 0.29) is 11.9 Å². The van der Waals surface area contributed by atoms with Crippen molar-refractivity contribution in [2.45, 2.75) is 69.6 Å². The SMILES string of the molecule is CC1CN(C2CC2)CCN1C(=O)c1cn(C2CCC(N)CC2)nn1. The van der Waals surface area contributed by atoms with E-state index in [0.29, 0.717) is 17.8 Å². The lowest BCUT2D eigenvalue weighted by atomic mass is 9.92. The molecule has 7 nitrogen and oxygen atoms in total. The Hall–Kier alpha value is -1.47. The number of aromatic nitrogens is 3. The number of hydrogen-bond acceptors (Lipinski definition) is 5. The van der Waals surface area contributed by atoms with Crippen LogP contribution in [-0.2, 0) is 0 Å². The average Bonchev–Trinajstić information content (AvgIpc) is 3.32. The van der Waals surface area contributed by atoms with Crippen LogP contribution in [0.5, 0.6) is 0 Å². The molecule has 0 bridgehead atoms. The summed E-state index contributed by atoms with van der Waals surface area (Å²) in [6, 6.07) is 1.66. The third-order valence-corrected chi connectivity index (χ3v) is 5.83. The van der Waals surface area contributed by atoms with Crippen LogP contribution in [0.2, 0.25) is 0 Å². The van der Waals surface area contributed by atoms with Gasteiger partial charge in [-0.05, 0) is 45.4 Å². The Morgan fingerprint density at radius 3 is 2.50 bits per heavy atom. The van der Waals surface area contributed by atoms with Crippen LogP contribution < -0.4 is 5.73 Å². The van der Waals surface area contributed by atoms with Gasteiger partial charge in [0.15, 0.2) is 5.69 Å². The van der Waals surface area contributed by atoms with E-state index in [4.69, 9.17) is 5.73 Å². The number of nitrogens with zero attached hydrogens (tertiary/aromatic N) is 5. The molecule has 1 aliphatic heterocycles. The molecule has 2 heterocycles. The number of rotatable bonds is 3. The van der Waals surface area contributed by atoms with E-state index in [2.05, 4.69) is 22.1 Å². The molecule has 2 N–H and O–H groups in total. The zero-order valence-corrected chi connectivity index (χ0v) is 14.5. The van der Waals surface area contributed by atoms with Crippen molar-refractivity contribution in [2.24, 2.45) is 5.73 Å². The molecule has 24 heavy (non-hydrogen) atoms. The average molecular weight is 332 g/mol. The van der Waals surface area contributed by atoms with Crippen molar-refractivity contribution in [1.82, 2.24) is 24.8 Å². The standard InChI is InChI=1S/C17H28N6O/c1-12-10-21(14-6-7-14)8-9-22(12)17(24)16-11-23(20-19-16)15-4-2-13(18)3-5-15/h11-15H,2-10,18H2,1H3. The molecule has 4 rings (SSSR count). The predicted molar refractivity (Wildman–Crippen MR) is 90.6 cm³/mol. The van der Waals surface area contributed by atoms with E-state index in [0.717, 1.165) is 51.4 Å². The first kappa shape index (κ1) is 16.0. The lowest BCUT2D eigenvalue weighted by Crippen LogP contribution is -2.54. The van der Waals surface area contributed by atoms with Crippen molar-refractivity contribution >= 4 is 5.91 Å². The topological polar surface area (TPSA) is 80.3 Å². The molecule has 7 heteroatoms. The van der Waals surface area contributed by atoms with Gasteiger partial charge in [0, 0.05) is 37.8 Å². The number of carbonyl (C=O) groups excluding carboxylic acids is 1. The third kappa shape index (κ3) is 3.19. The maximum Gasteiger partial charge on any atom is 0.276 e. The molecular formula is C17H28N6O. The van der Waals surface area contributed by atoms with E-state index >= 15 is 0 Å². The van der Waals surface area contributed by atoms with Crippen LogP contribution in [-0.4, -0.2) is 68.5 Å². The fourth-order valence-electron chi connectivity index (χ4n) is 4.13. The quantitative estimate of drug-likeness (QED) is 0.894. The highest BCUT2D eigenvalue weighted by Crippen LogP contribution is 2.29. The molecule has 1 aromatic heterocycles. The van der Waals surface area contributed by atoms with Crippen LogP contribution in [0.3, 0.4) is 0 Å². The monoisotopic (exact) mass is 332 g/mol. The Labute approximate surface area is 143 Å². The molecule has 1 amide bonds. The van der Waals surface area contributed by atoms with Crippen LogP contribution in [0.1, 0.15) is 62.0 Å². The highest BCUT2D eigenvalue weighted by Gasteiger charge is 2.36. The van der Waals surface area contributed by atoms with E-state index < -0.39 is 0 Å². The summed E-state index contributed by atoms with van der Waals surface area (Å²) in [5, 5.41) is 8.39. The second kappa shape index (κ2) is 6.44. The van der Waals surface area contributed by atoms with Crippen molar-refractivity contribution in [3.8, 4) is 0 Å². The van der Waals surface area contributed by atoms with Crippen molar-refractivity contribution in [1.29, 1.82) is 0 Å². The molecule has 1 atom stereocenters. The molecule has 2 aliphatic carbocycles. The summed E-state index contributed by atoms with van der Waals surface area (Å²) in [7, 11) is 0. The highest BCUT2D eigenvalue weighted by atomic mass is 16.2. The maximum atomic E-state index is 12.8. The van der Waals surface area contributed by atoms with Gasteiger partial charge in [0.1, 0.15) is 0 Å². The summed E-state index contributed by atoms with van der Waals surface area (Å²) < 4.78 is 1.88. The van der Waals surface area contributed by atoms with Gasteiger partial charge in [-0.25, -0.2) is 4.68 Å². The number of nitrogens with two attached hydrogens (primary N) is 1. The van der Waals surface area contributed by atoms with Gasteiger partial charge in [-0.1, -0.05) is 5.21 Å². The molecule has 3 aliphatic rings. The second-order valence-corrected chi connectivity index (χ2v) is 7.73. The highest BCUT2D eigenvalue weighted by molar-refractivity contribution is 5.92. The van der Waals surface area contributed by atoms with Crippen molar-refractivity contribution in [3.63, 3.8) is 0 Å². The largest absolute Gasteiger partial charge is 0.332 e. The van der Waals surface area contributed by atoms with E-state index in [1.165, 1.54) is 12.8 Å². The molecule has 2 saturated carbocycles. The number of hydrogen-bond donors (Lipinski definition) is 1. The fraction of sp³-hybridized carbons (Fsp3) is 0.824. The van der Waals surface area contributed by atoms with Gasteiger partial charge in [0.05, 0.1) is 12.2 Å². The molecule has 0 aromatic carbocycles. The Balaban J connectivity index is 1.39. The first-order valence-electron chi connectivity index (χ1n) is 9.34. The first-order chi connectivity index (χ1) is 11.6. The first-order valence-corrected chi connectivity index (χ1v) is 9.34. The fourth-order valence-corrected chi connectivity index (χ4v) is 4.13. The molecule has 1 saturated heterocycles. The zero-order chi connectivity index (χ0) is 16.7. The molecule has 1 aromatic rings. The predicted octanol–water partition coefficient (Wildman–Crippen LogP) is 1.03. The van der Waals surface area contributed by atoms with Crippen LogP contribution in [0.25, 0.3) is 0 Å². The summed E-state index contributed by atoms with van der Waals surface area (Å²) in [5.74, 6) is 0.0247. The minimum Gasteiger partial charge on any atom is -0.332 e. The number of piperazine rings is 1. The molecule has 1 unspecified atom stereocenters. The second-order valence-electron chi connectivity index (χ2n) is 7.73.